The highest BCUT2D eigenvalue weighted by molar-refractivity contribution is 6.30. The van der Waals surface area contributed by atoms with Crippen LogP contribution in [0.3, 0.4) is 0 Å². The summed E-state index contributed by atoms with van der Waals surface area (Å²) < 4.78 is 26.4. The predicted molar refractivity (Wildman–Crippen MR) is 103 cm³/mol. The molecule has 5 nitrogen and oxygen atoms in total. The van der Waals surface area contributed by atoms with E-state index in [2.05, 4.69) is 0 Å². The van der Waals surface area contributed by atoms with Gasteiger partial charge in [-0.1, -0.05) is 29.8 Å². The van der Waals surface area contributed by atoms with Crippen LogP contribution < -0.4 is 9.47 Å². The Morgan fingerprint density at radius 2 is 2.11 bits per heavy atom. The minimum absolute atomic E-state index is 0.0823. The van der Waals surface area contributed by atoms with Gasteiger partial charge in [0.15, 0.2) is 17.6 Å². The monoisotopic (exact) mass is 405 g/mol. The maximum atomic E-state index is 14.4. The number of rotatable bonds is 2. The molecule has 1 N–H and O–H groups in total. The standard InChI is InChI=1S/C21H21ClFNO4/c1-12-9-13(7-8-24(12)21(25)26)15-3-2-4-18-20(15)28-19(11-27-18)16-6-5-14(22)10-17(16)23/h2-6,10,12-13,19H,7-9,11H2,1H3,(H,25,26)/t12-,13?,19+/m0/s1. The number of likely N-dealkylation sites (tertiary alicyclic amines) is 1. The van der Waals surface area contributed by atoms with Crippen molar-refractivity contribution in [1.29, 1.82) is 0 Å². The summed E-state index contributed by atoms with van der Waals surface area (Å²) in [4.78, 5) is 12.8. The minimum Gasteiger partial charge on any atom is -0.485 e. The summed E-state index contributed by atoms with van der Waals surface area (Å²) in [5.74, 6) is 0.980. The smallest absolute Gasteiger partial charge is 0.407 e. The highest BCUT2D eigenvalue weighted by Crippen LogP contribution is 2.45. The fraction of sp³-hybridized carbons (Fsp3) is 0.381. The molecular weight excluding hydrogens is 385 g/mol. The van der Waals surface area contributed by atoms with E-state index in [0.29, 0.717) is 41.5 Å². The van der Waals surface area contributed by atoms with Crippen molar-refractivity contribution in [3.63, 3.8) is 0 Å². The van der Waals surface area contributed by atoms with Crippen molar-refractivity contribution in [2.75, 3.05) is 13.2 Å². The van der Waals surface area contributed by atoms with Crippen LogP contribution in [0.4, 0.5) is 9.18 Å². The molecule has 0 radical (unpaired) electrons. The molecule has 2 aromatic rings. The van der Waals surface area contributed by atoms with Crippen molar-refractivity contribution in [1.82, 2.24) is 4.90 Å². The van der Waals surface area contributed by atoms with Crippen LogP contribution in [0.1, 0.15) is 42.9 Å². The summed E-state index contributed by atoms with van der Waals surface area (Å²) in [5, 5.41) is 9.63. The molecule has 2 aliphatic heterocycles. The van der Waals surface area contributed by atoms with E-state index in [9.17, 15) is 14.3 Å². The van der Waals surface area contributed by atoms with Crippen LogP contribution in [0.5, 0.6) is 11.5 Å². The van der Waals surface area contributed by atoms with Gasteiger partial charge < -0.3 is 19.5 Å². The van der Waals surface area contributed by atoms with Crippen molar-refractivity contribution < 1.29 is 23.8 Å². The second-order valence-electron chi connectivity index (χ2n) is 7.30. The maximum absolute atomic E-state index is 14.4. The number of halogens is 2. The topological polar surface area (TPSA) is 59.0 Å². The van der Waals surface area contributed by atoms with Crippen LogP contribution in [0.25, 0.3) is 0 Å². The summed E-state index contributed by atoms with van der Waals surface area (Å²) in [6, 6.07) is 10.2. The fourth-order valence-corrected chi connectivity index (χ4v) is 4.25. The molecule has 0 aromatic heterocycles. The molecule has 28 heavy (non-hydrogen) atoms. The van der Waals surface area contributed by atoms with E-state index in [1.807, 2.05) is 25.1 Å². The van der Waals surface area contributed by atoms with Crippen molar-refractivity contribution in [3.8, 4) is 11.5 Å². The van der Waals surface area contributed by atoms with E-state index >= 15 is 0 Å². The van der Waals surface area contributed by atoms with Gasteiger partial charge in [-0.3, -0.25) is 0 Å². The first kappa shape index (κ1) is 18.9. The number of hydrogen-bond donors (Lipinski definition) is 1. The van der Waals surface area contributed by atoms with Crippen molar-refractivity contribution in [2.45, 2.75) is 37.8 Å². The third kappa shape index (κ3) is 3.49. The lowest BCUT2D eigenvalue weighted by molar-refractivity contribution is 0.0836. The van der Waals surface area contributed by atoms with E-state index in [4.69, 9.17) is 21.1 Å². The van der Waals surface area contributed by atoms with Crippen LogP contribution in [0.2, 0.25) is 5.02 Å². The number of hydrogen-bond acceptors (Lipinski definition) is 3. The lowest BCUT2D eigenvalue weighted by Gasteiger charge is -2.37. The van der Waals surface area contributed by atoms with Gasteiger partial charge in [-0.2, -0.15) is 0 Å². The molecule has 1 unspecified atom stereocenters. The van der Waals surface area contributed by atoms with E-state index in [1.54, 1.807) is 12.1 Å². The first-order valence-electron chi connectivity index (χ1n) is 9.31. The summed E-state index contributed by atoms with van der Waals surface area (Å²) >= 11 is 5.85. The van der Waals surface area contributed by atoms with Gasteiger partial charge in [0.05, 0.1) is 0 Å². The zero-order valence-electron chi connectivity index (χ0n) is 15.4. The molecule has 1 fully saturated rings. The average Bonchev–Trinajstić information content (AvgIpc) is 2.67. The average molecular weight is 406 g/mol. The maximum Gasteiger partial charge on any atom is 0.407 e. The van der Waals surface area contributed by atoms with Crippen LogP contribution in [0, 0.1) is 5.82 Å². The van der Waals surface area contributed by atoms with Gasteiger partial charge in [-0.15, -0.1) is 0 Å². The second-order valence-corrected chi connectivity index (χ2v) is 7.74. The molecule has 7 heteroatoms. The molecule has 0 spiro atoms. The van der Waals surface area contributed by atoms with E-state index in [1.165, 1.54) is 11.0 Å². The second kappa shape index (κ2) is 7.51. The number of amides is 1. The quantitative estimate of drug-likeness (QED) is 0.742. The normalized spacial score (nSPS) is 24.1. The molecule has 0 bridgehead atoms. The van der Waals surface area contributed by atoms with Gasteiger partial charge in [0.1, 0.15) is 12.4 Å². The number of nitrogens with zero attached hydrogens (tertiary/aromatic N) is 1. The third-order valence-corrected chi connectivity index (χ3v) is 5.77. The fourth-order valence-electron chi connectivity index (χ4n) is 4.09. The van der Waals surface area contributed by atoms with Crippen LogP contribution in [-0.2, 0) is 0 Å². The summed E-state index contributed by atoms with van der Waals surface area (Å²) in [6.07, 6.45) is -0.0518. The molecule has 4 rings (SSSR count). The Balaban J connectivity index is 1.61. The van der Waals surface area contributed by atoms with Gasteiger partial charge in [0.25, 0.3) is 0 Å². The van der Waals surface area contributed by atoms with Crippen molar-refractivity contribution >= 4 is 17.7 Å². The number of para-hydroxylation sites is 1. The van der Waals surface area contributed by atoms with Gasteiger partial charge in [-0.05, 0) is 43.9 Å². The first-order valence-corrected chi connectivity index (χ1v) is 9.68. The summed E-state index contributed by atoms with van der Waals surface area (Å²) in [5.41, 5.74) is 1.38. The predicted octanol–water partition coefficient (Wildman–Crippen LogP) is 5.24. The number of piperidine rings is 1. The molecule has 3 atom stereocenters. The Morgan fingerprint density at radius 1 is 1.29 bits per heavy atom. The molecular formula is C21H21ClFNO4. The zero-order chi connectivity index (χ0) is 19.8. The lowest BCUT2D eigenvalue weighted by Crippen LogP contribution is -2.43. The molecule has 1 amide bonds. The number of carboxylic acid groups (broad SMARTS) is 1. The summed E-state index contributed by atoms with van der Waals surface area (Å²) in [6.45, 7) is 2.60. The van der Waals surface area contributed by atoms with Gasteiger partial charge in [-0.25, -0.2) is 9.18 Å². The van der Waals surface area contributed by atoms with E-state index < -0.39 is 18.0 Å². The van der Waals surface area contributed by atoms with E-state index in [0.717, 1.165) is 5.56 Å². The van der Waals surface area contributed by atoms with Gasteiger partial charge in [0, 0.05) is 28.7 Å². The van der Waals surface area contributed by atoms with E-state index in [-0.39, 0.29) is 18.6 Å². The van der Waals surface area contributed by atoms with Gasteiger partial charge in [0.2, 0.25) is 0 Å². The Hall–Kier alpha value is -2.47. The highest BCUT2D eigenvalue weighted by Gasteiger charge is 2.34. The molecule has 1 saturated heterocycles. The van der Waals surface area contributed by atoms with Crippen LogP contribution in [0.15, 0.2) is 36.4 Å². The number of fused-ring (bicyclic) bond motifs is 1. The molecule has 0 aliphatic carbocycles. The molecule has 2 aromatic carbocycles. The molecule has 2 heterocycles. The first-order chi connectivity index (χ1) is 13.4. The Bertz CT molecular complexity index is 906. The van der Waals surface area contributed by atoms with Gasteiger partial charge >= 0.3 is 6.09 Å². The third-order valence-electron chi connectivity index (χ3n) is 5.53. The number of benzene rings is 2. The lowest BCUT2D eigenvalue weighted by atomic mass is 9.85. The van der Waals surface area contributed by atoms with Crippen molar-refractivity contribution in [3.05, 3.63) is 58.4 Å². The zero-order valence-corrected chi connectivity index (χ0v) is 16.2. The molecule has 2 aliphatic rings. The Morgan fingerprint density at radius 3 is 2.82 bits per heavy atom. The number of ether oxygens (including phenoxy) is 2. The SMILES string of the molecule is C[C@H]1CC(c2cccc3c2O[C@@H](c2ccc(Cl)cc2F)CO3)CCN1C(=O)O. The molecule has 0 saturated carbocycles. The Labute approximate surface area is 167 Å². The highest BCUT2D eigenvalue weighted by atomic mass is 35.5. The molecule has 148 valence electrons. The number of carbonyl (C=O) groups is 1. The van der Waals surface area contributed by atoms with Crippen LogP contribution >= 0.6 is 11.6 Å². The Kier molecular flexibility index (Phi) is 5.06. The largest absolute Gasteiger partial charge is 0.485 e. The van der Waals surface area contributed by atoms with Crippen molar-refractivity contribution in [2.24, 2.45) is 0 Å². The van der Waals surface area contributed by atoms with Crippen LogP contribution in [-0.4, -0.2) is 35.3 Å². The minimum atomic E-state index is -0.890. The summed E-state index contributed by atoms with van der Waals surface area (Å²) in [7, 11) is 0.